The normalized spacial score (nSPS) is 21.5. The summed E-state index contributed by atoms with van der Waals surface area (Å²) in [5.41, 5.74) is 2.62. The fourth-order valence-corrected chi connectivity index (χ4v) is 7.74. The van der Waals surface area contributed by atoms with E-state index >= 15 is 0 Å². The number of aryl methyl sites for hydroxylation is 1. The van der Waals surface area contributed by atoms with Crippen LogP contribution in [0.4, 0.5) is 0 Å². The molecule has 3 amide bonds. The zero-order valence-electron chi connectivity index (χ0n) is 25.8. The lowest BCUT2D eigenvalue weighted by Gasteiger charge is -2.38. The minimum atomic E-state index is -3.96. The molecule has 3 aromatic rings. The zero-order valence-corrected chi connectivity index (χ0v) is 26.7. The summed E-state index contributed by atoms with van der Waals surface area (Å²) in [6.45, 7) is 3.38. The van der Waals surface area contributed by atoms with Crippen LogP contribution in [0.1, 0.15) is 48.9 Å². The van der Waals surface area contributed by atoms with Gasteiger partial charge in [0, 0.05) is 19.1 Å². The molecule has 3 N–H and O–H groups in total. The van der Waals surface area contributed by atoms with Crippen molar-refractivity contribution < 1.29 is 22.8 Å². The van der Waals surface area contributed by atoms with Crippen LogP contribution in [-0.2, 0) is 24.4 Å². The third-order valence-electron chi connectivity index (χ3n) is 8.78. The summed E-state index contributed by atoms with van der Waals surface area (Å²) in [5, 5.41) is 8.84. The standard InChI is InChI=1S/C34H41N5O5S/c1-23-11-10-16-28(21-23)45(43,44)38-20-19-27-17-18-30(39(27)34(42)29(22-38)36-32(40)24(2)35-3)33(41)37-31(25-12-6-4-7-13-25)26-14-8-5-9-15-26/h4-16,21,24,27,29-31,35H,17-20,22H2,1-3H3,(H,36,40)(H,37,41)/t24-,27+,29-,30?/m0/s1. The van der Waals surface area contributed by atoms with Gasteiger partial charge in [-0.3, -0.25) is 14.4 Å². The average Bonchev–Trinajstić information content (AvgIpc) is 3.47. The van der Waals surface area contributed by atoms with Crippen LogP contribution in [0.3, 0.4) is 0 Å². The van der Waals surface area contributed by atoms with Crippen molar-refractivity contribution in [2.45, 2.75) is 68.2 Å². The van der Waals surface area contributed by atoms with Crippen molar-refractivity contribution in [1.29, 1.82) is 0 Å². The van der Waals surface area contributed by atoms with E-state index < -0.39 is 46.0 Å². The Labute approximate surface area is 265 Å². The SMILES string of the molecule is CN[C@@H](C)C(=O)N[C@H]1CN(S(=O)(=O)c2cccc(C)c2)CC[C@H]2CCC(C(=O)NC(c3ccccc3)c3ccccc3)N2C1=O. The van der Waals surface area contributed by atoms with Crippen LogP contribution in [0.15, 0.2) is 89.8 Å². The van der Waals surface area contributed by atoms with Crippen molar-refractivity contribution in [1.82, 2.24) is 25.2 Å². The van der Waals surface area contributed by atoms with Gasteiger partial charge >= 0.3 is 0 Å². The molecular formula is C34H41N5O5S. The van der Waals surface area contributed by atoms with Crippen molar-refractivity contribution in [2.75, 3.05) is 20.1 Å². The maximum Gasteiger partial charge on any atom is 0.247 e. The fourth-order valence-electron chi connectivity index (χ4n) is 6.17. The van der Waals surface area contributed by atoms with E-state index in [9.17, 15) is 22.8 Å². The highest BCUT2D eigenvalue weighted by Crippen LogP contribution is 2.32. The first-order chi connectivity index (χ1) is 21.6. The van der Waals surface area contributed by atoms with E-state index in [0.717, 1.165) is 16.7 Å². The van der Waals surface area contributed by atoms with Crippen LogP contribution < -0.4 is 16.0 Å². The monoisotopic (exact) mass is 631 g/mol. The predicted octanol–water partition coefficient (Wildman–Crippen LogP) is 2.75. The third-order valence-corrected chi connectivity index (χ3v) is 10.6. The number of sulfonamides is 1. The first-order valence-electron chi connectivity index (χ1n) is 15.4. The van der Waals surface area contributed by atoms with Crippen molar-refractivity contribution in [3.63, 3.8) is 0 Å². The summed E-state index contributed by atoms with van der Waals surface area (Å²) in [4.78, 5) is 43.1. The molecule has 5 rings (SSSR count). The maximum atomic E-state index is 14.3. The molecule has 2 heterocycles. The van der Waals surface area contributed by atoms with E-state index in [1.165, 1.54) is 10.4 Å². The van der Waals surface area contributed by atoms with Gasteiger partial charge in [-0.25, -0.2) is 8.42 Å². The van der Waals surface area contributed by atoms with E-state index in [2.05, 4.69) is 16.0 Å². The topological polar surface area (TPSA) is 128 Å². The maximum absolute atomic E-state index is 14.3. The molecule has 4 atom stereocenters. The second kappa shape index (κ2) is 13.9. The Morgan fingerprint density at radius 1 is 0.889 bits per heavy atom. The first kappa shape index (κ1) is 32.3. The number of fused-ring (bicyclic) bond motifs is 1. The van der Waals surface area contributed by atoms with Crippen LogP contribution in [-0.4, -0.2) is 79.6 Å². The molecule has 10 nitrogen and oxygen atoms in total. The number of amides is 3. The molecule has 0 saturated carbocycles. The van der Waals surface area contributed by atoms with Crippen LogP contribution in [0.2, 0.25) is 0 Å². The smallest absolute Gasteiger partial charge is 0.247 e. The van der Waals surface area contributed by atoms with Gasteiger partial charge in [-0.15, -0.1) is 0 Å². The molecule has 0 radical (unpaired) electrons. The molecule has 0 aromatic heterocycles. The Morgan fingerprint density at radius 3 is 2.13 bits per heavy atom. The summed E-state index contributed by atoms with van der Waals surface area (Å²) in [5.74, 6) is -1.19. The molecule has 0 spiro atoms. The lowest BCUT2D eigenvalue weighted by atomic mass is 9.98. The molecule has 2 aliphatic heterocycles. The van der Waals surface area contributed by atoms with Gasteiger partial charge in [0.1, 0.15) is 12.1 Å². The van der Waals surface area contributed by atoms with Crippen molar-refractivity contribution in [3.8, 4) is 0 Å². The number of rotatable bonds is 9. The minimum absolute atomic E-state index is 0.137. The van der Waals surface area contributed by atoms with E-state index in [0.29, 0.717) is 19.3 Å². The van der Waals surface area contributed by atoms with Gasteiger partial charge in [0.05, 0.1) is 17.0 Å². The summed E-state index contributed by atoms with van der Waals surface area (Å²) >= 11 is 0. The Balaban J connectivity index is 1.44. The molecule has 238 valence electrons. The number of carbonyl (C=O) groups is 3. The minimum Gasteiger partial charge on any atom is -0.343 e. The number of nitrogens with one attached hydrogen (secondary N) is 3. The van der Waals surface area contributed by atoms with E-state index in [1.807, 2.05) is 73.7 Å². The lowest BCUT2D eigenvalue weighted by molar-refractivity contribution is -0.144. The number of nitrogens with zero attached hydrogens (tertiary/aromatic N) is 2. The van der Waals surface area contributed by atoms with Gasteiger partial charge in [-0.2, -0.15) is 4.31 Å². The van der Waals surface area contributed by atoms with Crippen LogP contribution in [0.5, 0.6) is 0 Å². The Morgan fingerprint density at radius 2 is 1.53 bits per heavy atom. The molecular weight excluding hydrogens is 590 g/mol. The number of carbonyl (C=O) groups excluding carboxylic acids is 3. The number of benzene rings is 3. The molecule has 45 heavy (non-hydrogen) atoms. The Hall–Kier alpha value is -4.06. The van der Waals surface area contributed by atoms with Crippen LogP contribution in [0, 0.1) is 6.92 Å². The fraction of sp³-hybridized carbons (Fsp3) is 0.382. The molecule has 0 aliphatic carbocycles. The number of hydrogen-bond acceptors (Lipinski definition) is 6. The summed E-state index contributed by atoms with van der Waals surface area (Å²) in [6.07, 6.45) is 1.34. The lowest BCUT2D eigenvalue weighted by Crippen LogP contribution is -2.62. The molecule has 2 aliphatic rings. The summed E-state index contributed by atoms with van der Waals surface area (Å²) < 4.78 is 28.9. The summed E-state index contributed by atoms with van der Waals surface area (Å²) in [6, 6.07) is 22.6. The van der Waals surface area contributed by atoms with Gasteiger partial charge < -0.3 is 20.9 Å². The van der Waals surface area contributed by atoms with Crippen molar-refractivity contribution in [2.24, 2.45) is 0 Å². The molecule has 0 bridgehead atoms. The van der Waals surface area contributed by atoms with Crippen LogP contribution >= 0.6 is 0 Å². The molecule has 11 heteroatoms. The largest absolute Gasteiger partial charge is 0.343 e. The zero-order chi connectivity index (χ0) is 32.1. The highest BCUT2D eigenvalue weighted by atomic mass is 32.2. The summed E-state index contributed by atoms with van der Waals surface area (Å²) in [7, 11) is -2.33. The second-order valence-electron chi connectivity index (χ2n) is 11.8. The highest BCUT2D eigenvalue weighted by molar-refractivity contribution is 7.89. The Kier molecular flexibility index (Phi) is 10.0. The second-order valence-corrected chi connectivity index (χ2v) is 13.7. The molecule has 2 fully saturated rings. The molecule has 1 unspecified atom stereocenters. The third kappa shape index (κ3) is 7.11. The quantitative estimate of drug-likeness (QED) is 0.333. The first-order valence-corrected chi connectivity index (χ1v) is 16.8. The highest BCUT2D eigenvalue weighted by Gasteiger charge is 2.46. The Bertz CT molecular complexity index is 1580. The predicted molar refractivity (Wildman–Crippen MR) is 172 cm³/mol. The van der Waals surface area contributed by atoms with Gasteiger partial charge in [0.15, 0.2) is 0 Å². The van der Waals surface area contributed by atoms with E-state index in [1.54, 1.807) is 31.0 Å². The van der Waals surface area contributed by atoms with Gasteiger partial charge in [0.2, 0.25) is 27.7 Å². The van der Waals surface area contributed by atoms with E-state index in [-0.39, 0.29) is 29.9 Å². The van der Waals surface area contributed by atoms with Crippen LogP contribution in [0.25, 0.3) is 0 Å². The van der Waals surface area contributed by atoms with Gasteiger partial charge in [0.25, 0.3) is 0 Å². The average molecular weight is 632 g/mol. The molecule has 3 aromatic carbocycles. The van der Waals surface area contributed by atoms with Gasteiger partial charge in [-0.1, -0.05) is 72.8 Å². The van der Waals surface area contributed by atoms with Crippen molar-refractivity contribution in [3.05, 3.63) is 102 Å². The number of hydrogen-bond donors (Lipinski definition) is 3. The number of likely N-dealkylation sites (N-methyl/N-ethyl adjacent to an activating group) is 1. The molecule has 2 saturated heterocycles. The van der Waals surface area contributed by atoms with Crippen molar-refractivity contribution >= 4 is 27.7 Å². The van der Waals surface area contributed by atoms with E-state index in [4.69, 9.17) is 0 Å². The van der Waals surface area contributed by atoms with Gasteiger partial charge in [-0.05, 0) is 69.0 Å².